The Bertz CT molecular complexity index is 1030. The zero-order chi connectivity index (χ0) is 19.6. The molecule has 0 bridgehead atoms. The third kappa shape index (κ3) is 4.24. The number of hydrogen-bond donors (Lipinski definition) is 1. The number of non-ortho nitro benzene ring substituents is 1. The highest BCUT2D eigenvalue weighted by Gasteiger charge is 2.15. The van der Waals surface area contributed by atoms with Gasteiger partial charge in [0.25, 0.3) is 11.6 Å². The fraction of sp³-hybridized carbons (Fsp3) is 0.111. The van der Waals surface area contributed by atoms with Crippen molar-refractivity contribution >= 4 is 28.9 Å². The van der Waals surface area contributed by atoms with E-state index < -0.39 is 10.8 Å². The molecule has 0 aliphatic rings. The summed E-state index contributed by atoms with van der Waals surface area (Å²) >= 11 is 6.00. The van der Waals surface area contributed by atoms with Crippen LogP contribution < -0.4 is 10.1 Å². The lowest BCUT2D eigenvalue weighted by molar-refractivity contribution is -0.384. The van der Waals surface area contributed by atoms with Crippen LogP contribution in [0.3, 0.4) is 0 Å². The summed E-state index contributed by atoms with van der Waals surface area (Å²) in [6, 6.07) is 10.6. The molecular weight excluding hydrogens is 372 g/mol. The largest absolute Gasteiger partial charge is 0.457 e. The number of aryl methyl sites for hydroxylation is 2. The molecule has 0 aliphatic heterocycles. The number of aromatic nitrogens is 2. The number of halogens is 1. The molecule has 8 nitrogen and oxygen atoms in total. The number of nitrogens with one attached hydrogen (secondary N) is 1. The maximum atomic E-state index is 12.3. The quantitative estimate of drug-likeness (QED) is 0.519. The number of carbonyl (C=O) groups is 1. The molecule has 1 amide bonds. The first-order chi connectivity index (χ1) is 12.8. The van der Waals surface area contributed by atoms with Crippen LogP contribution in [0.15, 0.2) is 48.7 Å². The second kappa shape index (κ2) is 7.46. The number of amides is 1. The summed E-state index contributed by atoms with van der Waals surface area (Å²) < 4.78 is 7.11. The van der Waals surface area contributed by atoms with E-state index >= 15 is 0 Å². The van der Waals surface area contributed by atoms with Crippen LogP contribution in [0.25, 0.3) is 0 Å². The first-order valence-corrected chi connectivity index (χ1v) is 8.24. The Kier molecular flexibility index (Phi) is 5.09. The van der Waals surface area contributed by atoms with E-state index in [1.807, 2.05) is 6.92 Å². The molecule has 0 atom stereocenters. The number of ether oxygens (including phenoxy) is 1. The van der Waals surface area contributed by atoms with Gasteiger partial charge in [-0.2, -0.15) is 5.10 Å². The van der Waals surface area contributed by atoms with Crippen LogP contribution in [0.1, 0.15) is 16.1 Å². The van der Waals surface area contributed by atoms with E-state index in [1.165, 1.54) is 29.1 Å². The van der Waals surface area contributed by atoms with Crippen LogP contribution in [-0.2, 0) is 7.05 Å². The van der Waals surface area contributed by atoms with Gasteiger partial charge in [-0.3, -0.25) is 19.6 Å². The molecule has 0 fully saturated rings. The predicted octanol–water partition coefficient (Wildman–Crippen LogP) is 4.33. The minimum absolute atomic E-state index is 0.210. The molecular formula is C18H15ClN4O4. The summed E-state index contributed by atoms with van der Waals surface area (Å²) in [6.45, 7) is 1.82. The van der Waals surface area contributed by atoms with Crippen LogP contribution in [-0.4, -0.2) is 20.6 Å². The van der Waals surface area contributed by atoms with E-state index in [4.69, 9.17) is 16.3 Å². The van der Waals surface area contributed by atoms with E-state index in [0.29, 0.717) is 16.5 Å². The fourth-order valence-electron chi connectivity index (χ4n) is 2.43. The minimum Gasteiger partial charge on any atom is -0.457 e. The Morgan fingerprint density at radius 1 is 1.22 bits per heavy atom. The molecule has 0 radical (unpaired) electrons. The molecule has 138 valence electrons. The predicted molar refractivity (Wildman–Crippen MR) is 101 cm³/mol. The summed E-state index contributed by atoms with van der Waals surface area (Å²) in [5.74, 6) is 0.247. The van der Waals surface area contributed by atoms with Crippen molar-refractivity contribution in [2.75, 3.05) is 5.32 Å². The van der Waals surface area contributed by atoms with E-state index in [1.54, 1.807) is 31.3 Å². The summed E-state index contributed by atoms with van der Waals surface area (Å²) in [5.41, 5.74) is 1.15. The number of nitro benzene ring substituents is 1. The summed E-state index contributed by atoms with van der Waals surface area (Å²) in [5, 5.41) is 18.4. The van der Waals surface area contributed by atoms with E-state index in [0.717, 1.165) is 5.56 Å². The second-order valence-corrected chi connectivity index (χ2v) is 6.19. The normalized spacial score (nSPS) is 10.5. The Morgan fingerprint density at radius 2 is 2.00 bits per heavy atom. The zero-order valence-corrected chi connectivity index (χ0v) is 15.2. The number of carbonyl (C=O) groups excluding carboxylic acids is 1. The van der Waals surface area contributed by atoms with Gasteiger partial charge >= 0.3 is 0 Å². The van der Waals surface area contributed by atoms with Crippen LogP contribution in [0.4, 0.5) is 11.4 Å². The fourth-order valence-corrected chi connectivity index (χ4v) is 2.55. The second-order valence-electron chi connectivity index (χ2n) is 5.78. The van der Waals surface area contributed by atoms with Gasteiger partial charge in [-0.05, 0) is 36.8 Å². The van der Waals surface area contributed by atoms with Crippen LogP contribution >= 0.6 is 11.6 Å². The topological polar surface area (TPSA) is 99.3 Å². The van der Waals surface area contributed by atoms with Gasteiger partial charge in [-0.15, -0.1) is 0 Å². The van der Waals surface area contributed by atoms with Gasteiger partial charge < -0.3 is 10.1 Å². The zero-order valence-electron chi connectivity index (χ0n) is 14.5. The monoisotopic (exact) mass is 386 g/mol. The van der Waals surface area contributed by atoms with Gasteiger partial charge in [-0.25, -0.2) is 0 Å². The third-order valence-corrected chi connectivity index (χ3v) is 4.20. The highest BCUT2D eigenvalue weighted by Crippen LogP contribution is 2.31. The first-order valence-electron chi connectivity index (χ1n) is 7.86. The Hall–Kier alpha value is -3.39. The number of anilines is 1. The highest BCUT2D eigenvalue weighted by molar-refractivity contribution is 6.31. The van der Waals surface area contributed by atoms with Crippen LogP contribution in [0.2, 0.25) is 5.02 Å². The van der Waals surface area contributed by atoms with Crippen molar-refractivity contribution in [3.8, 4) is 11.5 Å². The van der Waals surface area contributed by atoms with Gasteiger partial charge in [0.15, 0.2) is 0 Å². The Balaban J connectivity index is 1.90. The SMILES string of the molecule is Cc1cc(Oc2cc(NC(=O)c3ccnn3C)cc([N+](=O)[O-])c2)ccc1Cl. The van der Waals surface area contributed by atoms with Gasteiger partial charge in [-0.1, -0.05) is 11.6 Å². The lowest BCUT2D eigenvalue weighted by Gasteiger charge is -2.10. The molecule has 0 spiro atoms. The molecule has 1 N–H and O–H groups in total. The van der Waals surface area contributed by atoms with Crippen molar-refractivity contribution in [2.24, 2.45) is 7.05 Å². The summed E-state index contributed by atoms with van der Waals surface area (Å²) in [6.07, 6.45) is 1.49. The summed E-state index contributed by atoms with van der Waals surface area (Å²) in [7, 11) is 1.62. The standard InChI is InChI=1S/C18H15ClN4O4/c1-11-7-14(3-4-16(11)19)27-15-9-12(8-13(10-15)23(25)26)21-18(24)17-5-6-20-22(17)2/h3-10H,1-2H3,(H,21,24). The third-order valence-electron chi connectivity index (χ3n) is 3.78. The van der Waals surface area contributed by atoms with Crippen LogP contribution in [0, 0.1) is 17.0 Å². The molecule has 2 aromatic carbocycles. The lowest BCUT2D eigenvalue weighted by Crippen LogP contribution is -2.16. The smallest absolute Gasteiger partial charge is 0.275 e. The van der Waals surface area contributed by atoms with Crippen molar-refractivity contribution in [3.05, 3.63) is 75.1 Å². The molecule has 0 aliphatic carbocycles. The van der Waals surface area contributed by atoms with Crippen molar-refractivity contribution in [1.82, 2.24) is 9.78 Å². The molecule has 0 saturated heterocycles. The summed E-state index contributed by atoms with van der Waals surface area (Å²) in [4.78, 5) is 23.0. The molecule has 0 unspecified atom stereocenters. The Labute approximate surface area is 159 Å². The van der Waals surface area contributed by atoms with Gasteiger partial charge in [0.05, 0.1) is 16.7 Å². The van der Waals surface area contributed by atoms with E-state index in [-0.39, 0.29) is 17.1 Å². The molecule has 0 saturated carbocycles. The number of benzene rings is 2. The van der Waals surface area contributed by atoms with Crippen molar-refractivity contribution in [2.45, 2.75) is 6.92 Å². The molecule has 9 heteroatoms. The average Bonchev–Trinajstić information content (AvgIpc) is 3.04. The molecule has 27 heavy (non-hydrogen) atoms. The molecule has 3 rings (SSSR count). The maximum Gasteiger partial charge on any atom is 0.275 e. The lowest BCUT2D eigenvalue weighted by atomic mass is 10.2. The molecule has 1 heterocycles. The number of nitro groups is 1. The van der Waals surface area contributed by atoms with Gasteiger partial charge in [0, 0.05) is 30.4 Å². The van der Waals surface area contributed by atoms with Gasteiger partial charge in [0.2, 0.25) is 0 Å². The number of hydrogen-bond acceptors (Lipinski definition) is 5. The van der Waals surface area contributed by atoms with Crippen molar-refractivity contribution < 1.29 is 14.5 Å². The highest BCUT2D eigenvalue weighted by atomic mass is 35.5. The Morgan fingerprint density at radius 3 is 2.63 bits per heavy atom. The molecule has 1 aromatic heterocycles. The minimum atomic E-state index is -0.556. The van der Waals surface area contributed by atoms with Crippen LogP contribution in [0.5, 0.6) is 11.5 Å². The van der Waals surface area contributed by atoms with Crippen molar-refractivity contribution in [3.63, 3.8) is 0 Å². The van der Waals surface area contributed by atoms with Gasteiger partial charge in [0.1, 0.15) is 17.2 Å². The molecule has 3 aromatic rings. The van der Waals surface area contributed by atoms with E-state index in [2.05, 4.69) is 10.4 Å². The number of nitrogens with zero attached hydrogens (tertiary/aromatic N) is 3. The van der Waals surface area contributed by atoms with Crippen molar-refractivity contribution in [1.29, 1.82) is 0 Å². The first kappa shape index (κ1) is 18.4. The maximum absolute atomic E-state index is 12.3. The number of rotatable bonds is 5. The average molecular weight is 387 g/mol. The van der Waals surface area contributed by atoms with E-state index in [9.17, 15) is 14.9 Å².